The second-order valence-electron chi connectivity index (χ2n) is 6.44. The summed E-state index contributed by atoms with van der Waals surface area (Å²) in [6.07, 6.45) is -4.50. The molecule has 0 aliphatic carbocycles. The van der Waals surface area contributed by atoms with Gasteiger partial charge in [-0.05, 0) is 36.8 Å². The normalized spacial score (nSPS) is 12.3. The Hall–Kier alpha value is -2.60. The Balaban J connectivity index is 1.98. The molecule has 7 nitrogen and oxygen atoms in total. The molecule has 0 fully saturated rings. The van der Waals surface area contributed by atoms with Gasteiger partial charge in [0.25, 0.3) is 10.2 Å². The topological polar surface area (TPSA) is 112 Å². The number of hydrogen-bond acceptors (Lipinski definition) is 5. The van der Waals surface area contributed by atoms with Crippen molar-refractivity contribution in [3.05, 3.63) is 63.3 Å². The standard InChI is InChI=1S/C19H16ClF3N2O5S/c20-14-4-1-3-12-15(26)10-17(30-18(12)14)13-6-5-11(19(21,22)23)9-16(13)29-8-2-7-25-31(24,27)28/h1,3-6,9-10,25H,2,7-8H2,(H2,24,27,28). The van der Waals surface area contributed by atoms with E-state index in [9.17, 15) is 26.4 Å². The van der Waals surface area contributed by atoms with Crippen LogP contribution in [0.1, 0.15) is 12.0 Å². The first-order valence-electron chi connectivity index (χ1n) is 8.80. The van der Waals surface area contributed by atoms with E-state index in [1.165, 1.54) is 12.1 Å². The van der Waals surface area contributed by atoms with Gasteiger partial charge in [-0.25, -0.2) is 9.86 Å². The Kier molecular flexibility index (Phi) is 6.60. The number of alkyl halides is 3. The van der Waals surface area contributed by atoms with Crippen LogP contribution in [0.2, 0.25) is 5.02 Å². The number of para-hydroxylation sites is 1. The quantitative estimate of drug-likeness (QED) is 0.505. The summed E-state index contributed by atoms with van der Waals surface area (Å²) in [5, 5.41) is 5.20. The Bertz CT molecular complexity index is 1280. The molecule has 0 radical (unpaired) electrons. The second-order valence-corrected chi connectivity index (χ2v) is 8.23. The maximum Gasteiger partial charge on any atom is 0.416 e. The summed E-state index contributed by atoms with van der Waals surface area (Å²) in [5.41, 5.74) is -1.20. The molecular formula is C19H16ClF3N2O5S. The maximum absolute atomic E-state index is 13.2. The highest BCUT2D eigenvalue weighted by Crippen LogP contribution is 2.38. The summed E-state index contributed by atoms with van der Waals surface area (Å²) in [6.45, 7) is -0.205. The third-order valence-corrected chi connectivity index (χ3v) is 5.07. The first-order chi connectivity index (χ1) is 14.5. The summed E-state index contributed by atoms with van der Waals surface area (Å²) < 4.78 is 74.4. The van der Waals surface area contributed by atoms with E-state index in [2.05, 4.69) is 0 Å². The molecule has 1 aromatic heterocycles. The minimum Gasteiger partial charge on any atom is -0.493 e. The highest BCUT2D eigenvalue weighted by atomic mass is 35.5. The van der Waals surface area contributed by atoms with Crippen LogP contribution in [0.15, 0.2) is 51.7 Å². The van der Waals surface area contributed by atoms with Crippen molar-refractivity contribution >= 4 is 32.8 Å². The van der Waals surface area contributed by atoms with Gasteiger partial charge in [0.1, 0.15) is 11.5 Å². The van der Waals surface area contributed by atoms with Crippen LogP contribution >= 0.6 is 11.6 Å². The second kappa shape index (κ2) is 8.87. The smallest absolute Gasteiger partial charge is 0.416 e. The predicted octanol–water partition coefficient (Wildman–Crippen LogP) is 3.69. The molecule has 3 N–H and O–H groups in total. The van der Waals surface area contributed by atoms with Crippen LogP contribution in [0.3, 0.4) is 0 Å². The minimum absolute atomic E-state index is 0.0306. The molecule has 0 bridgehead atoms. The molecule has 0 amide bonds. The van der Waals surface area contributed by atoms with Crippen molar-refractivity contribution in [3.8, 4) is 17.1 Å². The zero-order chi connectivity index (χ0) is 22.8. The maximum atomic E-state index is 13.2. The molecule has 31 heavy (non-hydrogen) atoms. The number of nitrogens with two attached hydrogens (primary N) is 1. The highest BCUT2D eigenvalue weighted by Gasteiger charge is 2.31. The first kappa shape index (κ1) is 23.1. The van der Waals surface area contributed by atoms with Crippen LogP contribution in [0.25, 0.3) is 22.3 Å². The molecule has 12 heteroatoms. The van der Waals surface area contributed by atoms with Crippen LogP contribution in [0.5, 0.6) is 5.75 Å². The lowest BCUT2D eigenvalue weighted by atomic mass is 10.1. The first-order valence-corrected chi connectivity index (χ1v) is 10.7. The Morgan fingerprint density at radius 2 is 1.90 bits per heavy atom. The fourth-order valence-corrected chi connectivity index (χ4v) is 3.41. The number of halogens is 4. The number of hydrogen-bond donors (Lipinski definition) is 2. The number of ether oxygens (including phenoxy) is 1. The van der Waals surface area contributed by atoms with Crippen LogP contribution in [0, 0.1) is 0 Å². The fourth-order valence-electron chi connectivity index (χ4n) is 2.77. The van der Waals surface area contributed by atoms with Crippen LogP contribution in [-0.2, 0) is 16.4 Å². The molecule has 3 rings (SSSR count). The molecule has 0 saturated heterocycles. The zero-order valence-corrected chi connectivity index (χ0v) is 17.3. The van der Waals surface area contributed by atoms with E-state index < -0.39 is 27.4 Å². The number of benzene rings is 2. The van der Waals surface area contributed by atoms with Crippen molar-refractivity contribution in [1.29, 1.82) is 0 Å². The van der Waals surface area contributed by atoms with Gasteiger partial charge in [-0.2, -0.15) is 21.6 Å². The summed E-state index contributed by atoms with van der Waals surface area (Å²) in [4.78, 5) is 12.4. The lowest BCUT2D eigenvalue weighted by molar-refractivity contribution is -0.137. The number of fused-ring (bicyclic) bond motifs is 1. The molecule has 0 unspecified atom stereocenters. The number of nitrogens with one attached hydrogen (secondary N) is 1. The summed E-state index contributed by atoms with van der Waals surface area (Å²) in [7, 11) is -3.89. The molecule has 0 aliphatic heterocycles. The van der Waals surface area contributed by atoms with E-state index in [0.717, 1.165) is 24.3 Å². The summed E-state index contributed by atoms with van der Waals surface area (Å²) >= 11 is 6.09. The molecule has 0 atom stereocenters. The van der Waals surface area contributed by atoms with Gasteiger partial charge in [-0.3, -0.25) is 4.79 Å². The van der Waals surface area contributed by atoms with E-state index in [-0.39, 0.29) is 52.6 Å². The summed E-state index contributed by atoms with van der Waals surface area (Å²) in [6, 6.07) is 8.47. The molecule has 0 saturated carbocycles. The van der Waals surface area contributed by atoms with Crippen LogP contribution < -0.4 is 20.0 Å². The van der Waals surface area contributed by atoms with E-state index >= 15 is 0 Å². The number of rotatable bonds is 7. The van der Waals surface area contributed by atoms with Crippen molar-refractivity contribution in [1.82, 2.24) is 4.72 Å². The largest absolute Gasteiger partial charge is 0.493 e. The van der Waals surface area contributed by atoms with Gasteiger partial charge in [0.2, 0.25) is 0 Å². The Morgan fingerprint density at radius 3 is 2.58 bits per heavy atom. The predicted molar refractivity (Wildman–Crippen MR) is 109 cm³/mol. The zero-order valence-electron chi connectivity index (χ0n) is 15.7. The third kappa shape index (κ3) is 5.76. The fraction of sp³-hybridized carbons (Fsp3) is 0.211. The van der Waals surface area contributed by atoms with E-state index in [1.807, 2.05) is 4.72 Å². The van der Waals surface area contributed by atoms with Gasteiger partial charge in [-0.1, -0.05) is 17.7 Å². The lowest BCUT2D eigenvalue weighted by Crippen LogP contribution is -2.32. The average molecular weight is 477 g/mol. The molecule has 3 aromatic rings. The SMILES string of the molecule is NS(=O)(=O)NCCCOc1cc(C(F)(F)F)ccc1-c1cc(=O)c2cccc(Cl)c2o1. The molecule has 0 spiro atoms. The van der Waals surface area contributed by atoms with Crippen molar-refractivity contribution in [2.75, 3.05) is 13.2 Å². The van der Waals surface area contributed by atoms with Gasteiger partial charge in [0.05, 0.1) is 28.1 Å². The van der Waals surface area contributed by atoms with Crippen molar-refractivity contribution in [3.63, 3.8) is 0 Å². The molecule has 166 valence electrons. The van der Waals surface area contributed by atoms with Crippen LogP contribution in [-0.4, -0.2) is 21.6 Å². The Labute approximate surface area is 179 Å². The molecule has 2 aromatic carbocycles. The van der Waals surface area contributed by atoms with Crippen molar-refractivity contribution in [2.24, 2.45) is 5.14 Å². The molecule has 0 aliphatic rings. The van der Waals surface area contributed by atoms with Crippen molar-refractivity contribution in [2.45, 2.75) is 12.6 Å². The average Bonchev–Trinajstić information content (AvgIpc) is 2.67. The monoisotopic (exact) mass is 476 g/mol. The highest BCUT2D eigenvalue weighted by molar-refractivity contribution is 7.87. The molecule has 1 heterocycles. The van der Waals surface area contributed by atoms with Gasteiger partial charge in [0.15, 0.2) is 11.0 Å². The van der Waals surface area contributed by atoms with E-state index in [0.29, 0.717) is 0 Å². The van der Waals surface area contributed by atoms with Gasteiger partial charge >= 0.3 is 6.18 Å². The van der Waals surface area contributed by atoms with Crippen LogP contribution in [0.4, 0.5) is 13.2 Å². The minimum atomic E-state index is -4.63. The van der Waals surface area contributed by atoms with Gasteiger partial charge in [0, 0.05) is 12.6 Å². The van der Waals surface area contributed by atoms with E-state index in [4.69, 9.17) is 25.9 Å². The Morgan fingerprint density at radius 1 is 1.16 bits per heavy atom. The third-order valence-electron chi connectivity index (χ3n) is 4.16. The molecular weight excluding hydrogens is 461 g/mol. The van der Waals surface area contributed by atoms with Gasteiger partial charge in [-0.15, -0.1) is 0 Å². The van der Waals surface area contributed by atoms with Crippen molar-refractivity contribution < 1.29 is 30.7 Å². The summed E-state index contributed by atoms with van der Waals surface area (Å²) in [5.74, 6) is -0.225. The lowest BCUT2D eigenvalue weighted by Gasteiger charge is -2.15. The van der Waals surface area contributed by atoms with E-state index in [1.54, 1.807) is 6.07 Å². The van der Waals surface area contributed by atoms with Gasteiger partial charge < -0.3 is 9.15 Å².